The third-order valence-corrected chi connectivity index (χ3v) is 3.69. The molecule has 3 rings (SSSR count). The molecule has 0 saturated carbocycles. The maximum absolute atomic E-state index is 12.4. The number of nitrogens with one attached hydrogen (secondary N) is 1. The molecule has 1 aromatic carbocycles. The predicted octanol–water partition coefficient (Wildman–Crippen LogP) is 1.26. The SMILES string of the molecule is CCc1nc(COc2ccc(C(=O)N3CCNCC3)cc2)no1. The minimum absolute atomic E-state index is 0.0591. The number of ether oxygens (including phenoxy) is 1. The number of carbonyl (C=O) groups excluding carboxylic acids is 1. The van der Waals surface area contributed by atoms with Crippen LogP contribution in [-0.4, -0.2) is 47.1 Å². The third kappa shape index (κ3) is 3.87. The maximum atomic E-state index is 12.4. The maximum Gasteiger partial charge on any atom is 0.253 e. The Morgan fingerprint density at radius 3 is 2.70 bits per heavy atom. The summed E-state index contributed by atoms with van der Waals surface area (Å²) in [6.07, 6.45) is 0.704. The lowest BCUT2D eigenvalue weighted by molar-refractivity contribution is 0.0736. The van der Waals surface area contributed by atoms with Gasteiger partial charge in [0, 0.05) is 38.2 Å². The molecule has 0 unspecified atom stereocenters. The van der Waals surface area contributed by atoms with Crippen molar-refractivity contribution >= 4 is 5.91 Å². The van der Waals surface area contributed by atoms with E-state index in [9.17, 15) is 4.79 Å². The van der Waals surface area contributed by atoms with Crippen molar-refractivity contribution in [2.24, 2.45) is 0 Å². The van der Waals surface area contributed by atoms with E-state index < -0.39 is 0 Å². The van der Waals surface area contributed by atoms with Crippen molar-refractivity contribution in [1.29, 1.82) is 0 Å². The molecule has 1 fully saturated rings. The van der Waals surface area contributed by atoms with Crippen LogP contribution < -0.4 is 10.1 Å². The molecule has 1 saturated heterocycles. The monoisotopic (exact) mass is 316 g/mol. The molecule has 122 valence electrons. The Morgan fingerprint density at radius 1 is 1.30 bits per heavy atom. The van der Waals surface area contributed by atoms with Crippen molar-refractivity contribution < 1.29 is 14.1 Å². The van der Waals surface area contributed by atoms with Crippen LogP contribution in [0.2, 0.25) is 0 Å². The van der Waals surface area contributed by atoms with Crippen molar-refractivity contribution in [2.45, 2.75) is 20.0 Å². The summed E-state index contributed by atoms with van der Waals surface area (Å²) in [6, 6.07) is 7.15. The van der Waals surface area contributed by atoms with Gasteiger partial charge in [0.05, 0.1) is 0 Å². The van der Waals surface area contributed by atoms with Crippen molar-refractivity contribution in [2.75, 3.05) is 26.2 Å². The number of aryl methyl sites for hydroxylation is 1. The average Bonchev–Trinajstić information content (AvgIpc) is 3.09. The highest BCUT2D eigenvalue weighted by Gasteiger charge is 2.17. The molecule has 1 aliphatic heterocycles. The summed E-state index contributed by atoms with van der Waals surface area (Å²) in [5.41, 5.74) is 0.673. The second-order valence-corrected chi connectivity index (χ2v) is 5.31. The second-order valence-electron chi connectivity index (χ2n) is 5.31. The van der Waals surface area contributed by atoms with Gasteiger partial charge in [0.25, 0.3) is 5.91 Å². The fraction of sp³-hybridized carbons (Fsp3) is 0.438. The molecular formula is C16H20N4O3. The van der Waals surface area contributed by atoms with E-state index >= 15 is 0 Å². The number of nitrogens with zero attached hydrogens (tertiary/aromatic N) is 3. The van der Waals surface area contributed by atoms with Gasteiger partial charge in [-0.05, 0) is 24.3 Å². The van der Waals surface area contributed by atoms with Crippen LogP contribution in [-0.2, 0) is 13.0 Å². The van der Waals surface area contributed by atoms with E-state index in [1.807, 2.05) is 11.8 Å². The van der Waals surface area contributed by atoms with Crippen LogP contribution in [0.25, 0.3) is 0 Å². The minimum Gasteiger partial charge on any atom is -0.485 e. The summed E-state index contributed by atoms with van der Waals surface area (Å²) in [5.74, 6) is 1.84. The average molecular weight is 316 g/mol. The lowest BCUT2D eigenvalue weighted by Gasteiger charge is -2.27. The summed E-state index contributed by atoms with van der Waals surface area (Å²) in [5, 5.41) is 7.07. The first-order chi connectivity index (χ1) is 11.3. The number of carbonyl (C=O) groups is 1. The Bertz CT molecular complexity index is 648. The second kappa shape index (κ2) is 7.23. The largest absolute Gasteiger partial charge is 0.485 e. The number of rotatable bonds is 5. The summed E-state index contributed by atoms with van der Waals surface area (Å²) in [6.45, 7) is 5.37. The molecule has 0 spiro atoms. The molecule has 0 aliphatic carbocycles. The number of hydrogen-bond acceptors (Lipinski definition) is 6. The molecule has 0 atom stereocenters. The first kappa shape index (κ1) is 15.5. The quantitative estimate of drug-likeness (QED) is 0.894. The topological polar surface area (TPSA) is 80.5 Å². The fourth-order valence-corrected chi connectivity index (χ4v) is 2.38. The van der Waals surface area contributed by atoms with Gasteiger partial charge in [0.2, 0.25) is 11.7 Å². The lowest BCUT2D eigenvalue weighted by atomic mass is 10.2. The van der Waals surface area contributed by atoms with E-state index in [1.54, 1.807) is 24.3 Å². The molecule has 7 heteroatoms. The zero-order valence-corrected chi connectivity index (χ0v) is 13.1. The van der Waals surface area contributed by atoms with E-state index in [1.165, 1.54) is 0 Å². The molecule has 1 amide bonds. The molecule has 2 heterocycles. The number of piperazine rings is 1. The standard InChI is InChI=1S/C16H20N4O3/c1-2-15-18-14(19-23-15)11-22-13-5-3-12(4-6-13)16(21)20-9-7-17-8-10-20/h3-6,17H,2,7-11H2,1H3. The zero-order chi connectivity index (χ0) is 16.1. The summed E-state index contributed by atoms with van der Waals surface area (Å²) >= 11 is 0. The number of aromatic nitrogens is 2. The number of benzene rings is 1. The summed E-state index contributed by atoms with van der Waals surface area (Å²) < 4.78 is 10.6. The smallest absolute Gasteiger partial charge is 0.253 e. The highest BCUT2D eigenvalue weighted by molar-refractivity contribution is 5.94. The molecule has 2 aromatic rings. The van der Waals surface area contributed by atoms with Gasteiger partial charge in [-0.25, -0.2) is 0 Å². The Hall–Kier alpha value is -2.41. The van der Waals surface area contributed by atoms with E-state index in [4.69, 9.17) is 9.26 Å². The Morgan fingerprint density at radius 2 is 2.04 bits per heavy atom. The van der Waals surface area contributed by atoms with E-state index in [0.29, 0.717) is 29.4 Å². The lowest BCUT2D eigenvalue weighted by Crippen LogP contribution is -2.46. The first-order valence-electron chi connectivity index (χ1n) is 7.80. The van der Waals surface area contributed by atoms with Gasteiger partial charge in [0.15, 0.2) is 6.61 Å². The summed E-state index contributed by atoms with van der Waals surface area (Å²) in [7, 11) is 0. The van der Waals surface area contributed by atoms with Crippen molar-refractivity contribution in [3.05, 3.63) is 41.5 Å². The van der Waals surface area contributed by atoms with Crippen molar-refractivity contribution in [3.8, 4) is 5.75 Å². The number of hydrogen-bond donors (Lipinski definition) is 1. The number of amides is 1. The van der Waals surface area contributed by atoms with Crippen molar-refractivity contribution in [1.82, 2.24) is 20.4 Å². The van der Waals surface area contributed by atoms with Crippen molar-refractivity contribution in [3.63, 3.8) is 0 Å². The Balaban J connectivity index is 1.57. The van der Waals surface area contributed by atoms with Gasteiger partial charge in [-0.3, -0.25) is 4.79 Å². The highest BCUT2D eigenvalue weighted by atomic mass is 16.5. The molecule has 1 aliphatic rings. The van der Waals surface area contributed by atoms with Crippen LogP contribution >= 0.6 is 0 Å². The van der Waals surface area contributed by atoms with E-state index in [-0.39, 0.29) is 12.5 Å². The normalized spacial score (nSPS) is 14.7. The molecule has 1 N–H and O–H groups in total. The van der Waals surface area contributed by atoms with E-state index in [2.05, 4.69) is 15.5 Å². The molecule has 23 heavy (non-hydrogen) atoms. The van der Waals surface area contributed by atoms with E-state index in [0.717, 1.165) is 26.2 Å². The van der Waals surface area contributed by atoms with Gasteiger partial charge in [0.1, 0.15) is 5.75 Å². The van der Waals surface area contributed by atoms with Crippen LogP contribution in [0.4, 0.5) is 0 Å². The van der Waals surface area contributed by atoms with Crippen LogP contribution in [0.3, 0.4) is 0 Å². The Kier molecular flexibility index (Phi) is 4.87. The van der Waals surface area contributed by atoms with Crippen LogP contribution in [0.5, 0.6) is 5.75 Å². The molecule has 0 bridgehead atoms. The molecule has 1 aromatic heterocycles. The fourth-order valence-electron chi connectivity index (χ4n) is 2.38. The van der Waals surface area contributed by atoms with Crippen LogP contribution in [0.15, 0.2) is 28.8 Å². The van der Waals surface area contributed by atoms with Gasteiger partial charge in [-0.15, -0.1) is 0 Å². The van der Waals surface area contributed by atoms with Gasteiger partial charge < -0.3 is 19.5 Å². The highest BCUT2D eigenvalue weighted by Crippen LogP contribution is 2.15. The van der Waals surface area contributed by atoms with Crippen LogP contribution in [0, 0.1) is 0 Å². The Labute approximate surface area is 134 Å². The molecular weight excluding hydrogens is 296 g/mol. The molecule has 0 radical (unpaired) electrons. The first-order valence-corrected chi connectivity index (χ1v) is 7.80. The predicted molar refractivity (Wildman–Crippen MR) is 83.2 cm³/mol. The van der Waals surface area contributed by atoms with Gasteiger partial charge in [-0.2, -0.15) is 4.98 Å². The third-order valence-electron chi connectivity index (χ3n) is 3.69. The van der Waals surface area contributed by atoms with Gasteiger partial charge >= 0.3 is 0 Å². The minimum atomic E-state index is 0.0591. The molecule has 7 nitrogen and oxygen atoms in total. The van der Waals surface area contributed by atoms with Gasteiger partial charge in [-0.1, -0.05) is 12.1 Å². The zero-order valence-electron chi connectivity index (χ0n) is 13.1. The van der Waals surface area contributed by atoms with Crippen LogP contribution in [0.1, 0.15) is 29.0 Å². The summed E-state index contributed by atoms with van der Waals surface area (Å²) in [4.78, 5) is 18.4.